The first-order valence-electron chi connectivity index (χ1n) is 6.61. The van der Waals surface area contributed by atoms with Crippen LogP contribution < -0.4 is 15.2 Å². The second kappa shape index (κ2) is 5.80. The standard InChI is InChI=1S/C15H23NO3/c1-15(9-19-10-15)7-12(8-16)11-4-5-13(17-2)14(6-11)18-3/h4-6,12H,7-10,16H2,1-3H3. The van der Waals surface area contributed by atoms with Crippen LogP contribution >= 0.6 is 0 Å². The number of rotatable bonds is 6. The molecule has 1 aromatic carbocycles. The Balaban J connectivity index is 2.18. The molecule has 2 rings (SSSR count). The minimum atomic E-state index is 0.261. The molecule has 19 heavy (non-hydrogen) atoms. The van der Waals surface area contributed by atoms with Crippen LogP contribution in [0.15, 0.2) is 18.2 Å². The van der Waals surface area contributed by atoms with E-state index in [9.17, 15) is 0 Å². The summed E-state index contributed by atoms with van der Waals surface area (Å²) in [5.41, 5.74) is 7.40. The third kappa shape index (κ3) is 3.01. The van der Waals surface area contributed by atoms with E-state index in [2.05, 4.69) is 13.0 Å². The average molecular weight is 265 g/mol. The van der Waals surface area contributed by atoms with Crippen molar-refractivity contribution in [1.82, 2.24) is 0 Å². The summed E-state index contributed by atoms with van der Waals surface area (Å²) >= 11 is 0. The van der Waals surface area contributed by atoms with Crippen LogP contribution in [0.2, 0.25) is 0 Å². The Morgan fingerprint density at radius 1 is 1.26 bits per heavy atom. The molecule has 1 aliphatic heterocycles. The van der Waals surface area contributed by atoms with E-state index in [-0.39, 0.29) is 5.41 Å². The van der Waals surface area contributed by atoms with Gasteiger partial charge in [-0.15, -0.1) is 0 Å². The van der Waals surface area contributed by atoms with Gasteiger partial charge < -0.3 is 19.9 Å². The van der Waals surface area contributed by atoms with Gasteiger partial charge in [-0.2, -0.15) is 0 Å². The minimum absolute atomic E-state index is 0.261. The van der Waals surface area contributed by atoms with Crippen LogP contribution in [-0.4, -0.2) is 34.0 Å². The van der Waals surface area contributed by atoms with Gasteiger partial charge in [-0.25, -0.2) is 0 Å². The molecule has 106 valence electrons. The van der Waals surface area contributed by atoms with Gasteiger partial charge in [0.2, 0.25) is 0 Å². The summed E-state index contributed by atoms with van der Waals surface area (Å²) in [6, 6.07) is 6.04. The summed E-state index contributed by atoms with van der Waals surface area (Å²) in [5, 5.41) is 0. The summed E-state index contributed by atoms with van der Waals surface area (Å²) in [4.78, 5) is 0. The number of hydrogen-bond donors (Lipinski definition) is 1. The zero-order valence-electron chi connectivity index (χ0n) is 11.9. The molecule has 0 aromatic heterocycles. The second-order valence-electron chi connectivity index (χ2n) is 5.55. The Morgan fingerprint density at radius 3 is 2.42 bits per heavy atom. The quantitative estimate of drug-likeness (QED) is 0.856. The summed E-state index contributed by atoms with van der Waals surface area (Å²) in [6.07, 6.45) is 1.04. The molecule has 1 fully saturated rings. The first-order chi connectivity index (χ1) is 9.11. The minimum Gasteiger partial charge on any atom is -0.493 e. The smallest absolute Gasteiger partial charge is 0.160 e. The molecular formula is C15H23NO3. The van der Waals surface area contributed by atoms with E-state index in [1.807, 2.05) is 12.1 Å². The van der Waals surface area contributed by atoms with E-state index < -0.39 is 0 Å². The summed E-state index contributed by atoms with van der Waals surface area (Å²) in [6.45, 7) is 4.54. The topological polar surface area (TPSA) is 53.7 Å². The first-order valence-corrected chi connectivity index (χ1v) is 6.61. The van der Waals surface area contributed by atoms with Gasteiger partial charge in [0.15, 0.2) is 11.5 Å². The molecule has 0 saturated carbocycles. The van der Waals surface area contributed by atoms with Gasteiger partial charge in [-0.1, -0.05) is 13.0 Å². The molecule has 2 N–H and O–H groups in total. The number of hydrogen-bond acceptors (Lipinski definition) is 4. The monoisotopic (exact) mass is 265 g/mol. The summed E-state index contributed by atoms with van der Waals surface area (Å²) in [7, 11) is 3.30. The van der Waals surface area contributed by atoms with Crippen LogP contribution in [0.25, 0.3) is 0 Å². The summed E-state index contributed by atoms with van der Waals surface area (Å²) < 4.78 is 15.9. The number of ether oxygens (including phenoxy) is 3. The van der Waals surface area contributed by atoms with E-state index >= 15 is 0 Å². The van der Waals surface area contributed by atoms with Crippen molar-refractivity contribution in [3.63, 3.8) is 0 Å². The third-order valence-electron chi connectivity index (χ3n) is 3.80. The Hall–Kier alpha value is -1.26. The molecule has 1 heterocycles. The third-order valence-corrected chi connectivity index (χ3v) is 3.80. The molecule has 0 spiro atoms. The highest BCUT2D eigenvalue weighted by atomic mass is 16.5. The van der Waals surface area contributed by atoms with E-state index in [0.717, 1.165) is 31.1 Å². The normalized spacial score (nSPS) is 18.5. The van der Waals surface area contributed by atoms with Gasteiger partial charge in [0, 0.05) is 5.41 Å². The lowest BCUT2D eigenvalue weighted by atomic mass is 9.77. The van der Waals surface area contributed by atoms with E-state index in [1.54, 1.807) is 14.2 Å². The molecule has 0 aliphatic carbocycles. The molecule has 0 radical (unpaired) electrons. The highest BCUT2D eigenvalue weighted by Gasteiger charge is 2.35. The van der Waals surface area contributed by atoms with Gasteiger partial charge in [-0.05, 0) is 36.6 Å². The Labute approximate surface area is 114 Å². The number of benzene rings is 1. The lowest BCUT2D eigenvalue weighted by Crippen LogP contribution is -2.41. The van der Waals surface area contributed by atoms with Gasteiger partial charge in [0.05, 0.1) is 27.4 Å². The zero-order chi connectivity index (χ0) is 13.9. The van der Waals surface area contributed by atoms with Crippen molar-refractivity contribution in [1.29, 1.82) is 0 Å². The highest BCUT2D eigenvalue weighted by Crippen LogP contribution is 2.39. The Morgan fingerprint density at radius 2 is 1.95 bits per heavy atom. The highest BCUT2D eigenvalue weighted by molar-refractivity contribution is 5.44. The van der Waals surface area contributed by atoms with Gasteiger partial charge >= 0.3 is 0 Å². The predicted octanol–water partition coefficient (Wildman–Crippen LogP) is 2.17. The van der Waals surface area contributed by atoms with Crippen molar-refractivity contribution in [2.45, 2.75) is 19.3 Å². The van der Waals surface area contributed by atoms with E-state index in [4.69, 9.17) is 19.9 Å². The molecule has 0 bridgehead atoms. The van der Waals surface area contributed by atoms with Crippen molar-refractivity contribution in [3.05, 3.63) is 23.8 Å². The van der Waals surface area contributed by atoms with Crippen LogP contribution in [-0.2, 0) is 4.74 Å². The second-order valence-corrected chi connectivity index (χ2v) is 5.55. The van der Waals surface area contributed by atoms with Crippen LogP contribution in [0.1, 0.15) is 24.8 Å². The molecule has 0 amide bonds. The van der Waals surface area contributed by atoms with Crippen molar-refractivity contribution >= 4 is 0 Å². The first kappa shape index (κ1) is 14.2. The zero-order valence-corrected chi connectivity index (χ0v) is 11.9. The van der Waals surface area contributed by atoms with Crippen LogP contribution in [0.5, 0.6) is 11.5 Å². The van der Waals surface area contributed by atoms with Crippen molar-refractivity contribution in [2.75, 3.05) is 34.0 Å². The maximum absolute atomic E-state index is 5.94. The molecule has 1 aromatic rings. The number of nitrogens with two attached hydrogens (primary N) is 1. The number of methoxy groups -OCH3 is 2. The summed E-state index contributed by atoms with van der Waals surface area (Å²) in [5.74, 6) is 1.84. The van der Waals surface area contributed by atoms with Crippen molar-refractivity contribution in [3.8, 4) is 11.5 Å². The van der Waals surface area contributed by atoms with Gasteiger partial charge in [0.1, 0.15) is 0 Å². The fourth-order valence-corrected chi connectivity index (χ4v) is 2.61. The van der Waals surface area contributed by atoms with Crippen LogP contribution in [0, 0.1) is 5.41 Å². The lowest BCUT2D eigenvalue weighted by molar-refractivity contribution is -0.108. The maximum Gasteiger partial charge on any atom is 0.160 e. The molecule has 1 unspecified atom stereocenters. The Kier molecular flexibility index (Phi) is 4.32. The lowest BCUT2D eigenvalue weighted by Gasteiger charge is -2.40. The Bertz CT molecular complexity index is 429. The molecule has 1 saturated heterocycles. The molecule has 4 nitrogen and oxygen atoms in total. The van der Waals surface area contributed by atoms with E-state index in [1.165, 1.54) is 5.56 Å². The van der Waals surface area contributed by atoms with E-state index in [0.29, 0.717) is 12.5 Å². The van der Waals surface area contributed by atoms with Crippen molar-refractivity contribution < 1.29 is 14.2 Å². The molecule has 4 heteroatoms. The molecule has 1 atom stereocenters. The largest absolute Gasteiger partial charge is 0.493 e. The van der Waals surface area contributed by atoms with Crippen LogP contribution in [0.3, 0.4) is 0 Å². The van der Waals surface area contributed by atoms with Crippen molar-refractivity contribution in [2.24, 2.45) is 11.1 Å². The van der Waals surface area contributed by atoms with Gasteiger partial charge in [-0.3, -0.25) is 0 Å². The average Bonchev–Trinajstić information content (AvgIpc) is 2.42. The maximum atomic E-state index is 5.94. The molecule has 1 aliphatic rings. The van der Waals surface area contributed by atoms with Gasteiger partial charge in [0.25, 0.3) is 0 Å². The fraction of sp³-hybridized carbons (Fsp3) is 0.600. The fourth-order valence-electron chi connectivity index (χ4n) is 2.61. The molecular weight excluding hydrogens is 242 g/mol. The SMILES string of the molecule is COc1ccc(C(CN)CC2(C)COC2)cc1OC. The predicted molar refractivity (Wildman–Crippen MR) is 74.9 cm³/mol. The van der Waals surface area contributed by atoms with Crippen LogP contribution in [0.4, 0.5) is 0 Å².